The largest absolute Gasteiger partial charge is 0.460 e. The van der Waals surface area contributed by atoms with Crippen molar-refractivity contribution in [3.8, 4) is 0 Å². The lowest BCUT2D eigenvalue weighted by Gasteiger charge is -2.40. The Morgan fingerprint density at radius 3 is 2.60 bits per heavy atom. The van der Waals surface area contributed by atoms with Crippen LogP contribution in [-0.2, 0) is 28.7 Å². The number of allylic oxidation sites excluding steroid dienone is 1. The molecule has 12 heteroatoms. The Balaban J connectivity index is 1.71. The Morgan fingerprint density at radius 1 is 1.27 bits per heavy atom. The second kappa shape index (κ2) is 14.8. The number of carbonyl (C=O) groups is 4. The van der Waals surface area contributed by atoms with Crippen molar-refractivity contribution in [3.05, 3.63) is 54.6 Å². The Labute approximate surface area is 278 Å². The van der Waals surface area contributed by atoms with Gasteiger partial charge in [0.2, 0.25) is 11.8 Å². The first-order chi connectivity index (χ1) is 21.4. The maximum atomic E-state index is 14.7. The minimum absolute atomic E-state index is 0.0981. The lowest BCUT2D eigenvalue weighted by atomic mass is 9.70. The first-order valence-electron chi connectivity index (χ1n) is 15.4. The van der Waals surface area contributed by atoms with Crippen LogP contribution in [0.5, 0.6) is 0 Å². The summed E-state index contributed by atoms with van der Waals surface area (Å²) in [5.74, 6) is -3.60. The predicted octanol–water partition coefficient (Wildman–Crippen LogP) is 4.03. The van der Waals surface area contributed by atoms with Crippen LogP contribution in [0.15, 0.2) is 49.6 Å². The Kier molecular flexibility index (Phi) is 11.5. The molecule has 2 bridgehead atoms. The molecule has 0 saturated carbocycles. The van der Waals surface area contributed by atoms with E-state index in [0.717, 1.165) is 0 Å². The van der Waals surface area contributed by atoms with Crippen molar-refractivity contribution < 1.29 is 33.8 Å². The summed E-state index contributed by atoms with van der Waals surface area (Å²) < 4.78 is 12.4. The third-order valence-electron chi connectivity index (χ3n) is 8.78. The summed E-state index contributed by atoms with van der Waals surface area (Å²) in [6.07, 6.45) is 3.37. The number of amides is 3. The Bertz CT molecular complexity index is 1310. The number of benzene rings is 1. The number of anilines is 1. The first kappa shape index (κ1) is 35.1. The molecule has 3 amide bonds. The molecule has 1 aromatic carbocycles. The van der Waals surface area contributed by atoms with Crippen molar-refractivity contribution in [1.82, 2.24) is 10.2 Å². The molecule has 0 aromatic heterocycles. The molecule has 45 heavy (non-hydrogen) atoms. The van der Waals surface area contributed by atoms with Gasteiger partial charge in [-0.2, -0.15) is 0 Å². The molecule has 3 saturated heterocycles. The van der Waals surface area contributed by atoms with Gasteiger partial charge in [-0.05, 0) is 44.2 Å². The van der Waals surface area contributed by atoms with Crippen LogP contribution in [0.25, 0.3) is 0 Å². The van der Waals surface area contributed by atoms with Crippen molar-refractivity contribution >= 4 is 56.9 Å². The number of halogens is 2. The number of ether oxygens (including phenoxy) is 2. The van der Waals surface area contributed by atoms with Crippen LogP contribution in [0.1, 0.15) is 46.5 Å². The summed E-state index contributed by atoms with van der Waals surface area (Å²) in [5, 5.41) is 13.6. The molecule has 246 valence electrons. The molecule has 1 aromatic rings. The van der Waals surface area contributed by atoms with Crippen LogP contribution in [0.4, 0.5) is 5.69 Å². The van der Waals surface area contributed by atoms with E-state index < -0.39 is 59.5 Å². The third kappa shape index (κ3) is 6.87. The number of fused-ring (bicyclic) bond motifs is 1. The summed E-state index contributed by atoms with van der Waals surface area (Å²) in [4.78, 5) is 57.7. The van der Waals surface area contributed by atoms with Crippen LogP contribution in [0.2, 0.25) is 5.02 Å². The van der Waals surface area contributed by atoms with Gasteiger partial charge >= 0.3 is 5.97 Å². The van der Waals surface area contributed by atoms with Crippen molar-refractivity contribution in [2.45, 2.75) is 81.2 Å². The van der Waals surface area contributed by atoms with Crippen LogP contribution in [-0.4, -0.2) is 88.1 Å². The SMILES string of the molecule is C=CCCC(=O)NC[C@H](C)OC(=O)[C@@H]1[C@H]2O[C@@]3(CC2Br)[C@H](C(=O)N(CC=C)c2ccccc2Cl)N([C@@H](CO)CC(C)C)C(=O)[C@@H]13. The van der Waals surface area contributed by atoms with Crippen molar-refractivity contribution in [1.29, 1.82) is 0 Å². The molecular formula is C33H43BrClN3O7. The number of hydrogen-bond donors (Lipinski definition) is 2. The van der Waals surface area contributed by atoms with Gasteiger partial charge in [-0.25, -0.2) is 0 Å². The summed E-state index contributed by atoms with van der Waals surface area (Å²) in [5.41, 5.74) is -0.909. The fraction of sp³-hybridized carbons (Fsp3) is 0.576. The van der Waals surface area contributed by atoms with Gasteiger partial charge in [0.25, 0.3) is 5.91 Å². The van der Waals surface area contributed by atoms with E-state index in [1.165, 1.54) is 9.80 Å². The molecule has 1 spiro atoms. The molecule has 0 radical (unpaired) electrons. The smallest absolute Gasteiger partial charge is 0.312 e. The standard InChI is InChI=1S/C33H43BrClN3O7/c1-6-8-13-25(40)36-17-20(5)44-32(43)26-27-30(41)38(21(18-39)15-19(3)4)29(33(27)16-22(34)28(26)45-33)31(42)37(14-7-2)24-12-10-9-11-23(24)35/h6-7,9-12,19-22,26-29,39H,1-2,8,13-18H2,3-5H3,(H,36,40)/t20-,21+,22?,26-,27+,28-,29-,33+/m0/s1. The number of alkyl halides is 1. The quantitative estimate of drug-likeness (QED) is 0.160. The predicted molar refractivity (Wildman–Crippen MR) is 175 cm³/mol. The van der Waals surface area contributed by atoms with Gasteiger partial charge in [0.05, 0.1) is 47.8 Å². The molecule has 8 atom stereocenters. The van der Waals surface area contributed by atoms with Crippen molar-refractivity contribution in [2.24, 2.45) is 17.8 Å². The number of nitrogens with one attached hydrogen (secondary N) is 1. The zero-order chi connectivity index (χ0) is 33.1. The molecule has 3 fully saturated rings. The number of aliphatic hydroxyl groups is 1. The van der Waals surface area contributed by atoms with Gasteiger partial charge in [0, 0.05) is 17.8 Å². The second-order valence-corrected chi connectivity index (χ2v) is 14.0. The fourth-order valence-electron chi connectivity index (χ4n) is 6.98. The topological polar surface area (TPSA) is 125 Å². The molecule has 3 aliphatic rings. The number of nitrogens with zero attached hydrogens (tertiary/aromatic N) is 2. The molecule has 10 nitrogen and oxygen atoms in total. The monoisotopic (exact) mass is 707 g/mol. The summed E-state index contributed by atoms with van der Waals surface area (Å²) in [6.45, 7) is 12.9. The maximum absolute atomic E-state index is 14.7. The van der Waals surface area contributed by atoms with Crippen LogP contribution in [0.3, 0.4) is 0 Å². The number of likely N-dealkylation sites (tertiary alicyclic amines) is 1. The molecule has 2 N–H and O–H groups in total. The number of aliphatic hydroxyl groups excluding tert-OH is 1. The summed E-state index contributed by atoms with van der Waals surface area (Å²) in [7, 11) is 0. The minimum atomic E-state index is -1.36. The van der Waals surface area contributed by atoms with Crippen LogP contribution in [0, 0.1) is 17.8 Å². The molecule has 0 aliphatic carbocycles. The number of hydrogen-bond acceptors (Lipinski definition) is 7. The third-order valence-corrected chi connectivity index (χ3v) is 9.95. The number of carbonyl (C=O) groups excluding carboxylic acids is 4. The average molecular weight is 709 g/mol. The highest BCUT2D eigenvalue weighted by Gasteiger charge is 2.77. The normalized spacial score (nSPS) is 28.0. The minimum Gasteiger partial charge on any atom is -0.460 e. The molecule has 1 unspecified atom stereocenters. The number of rotatable bonds is 15. The average Bonchev–Trinajstić information content (AvgIpc) is 3.59. The van der Waals surface area contributed by atoms with Crippen molar-refractivity contribution in [3.63, 3.8) is 0 Å². The fourth-order valence-corrected chi connectivity index (χ4v) is 8.16. The molecule has 4 rings (SSSR count). The van der Waals surface area contributed by atoms with E-state index in [0.29, 0.717) is 30.0 Å². The van der Waals surface area contributed by atoms with Gasteiger partial charge in [-0.1, -0.05) is 65.7 Å². The highest BCUT2D eigenvalue weighted by atomic mass is 79.9. The zero-order valence-electron chi connectivity index (χ0n) is 26.0. The highest BCUT2D eigenvalue weighted by molar-refractivity contribution is 9.09. The van der Waals surface area contributed by atoms with E-state index >= 15 is 0 Å². The van der Waals surface area contributed by atoms with E-state index in [9.17, 15) is 24.3 Å². The first-order valence-corrected chi connectivity index (χ1v) is 16.7. The van der Waals surface area contributed by atoms with E-state index in [2.05, 4.69) is 34.4 Å². The number of para-hydroxylation sites is 1. The lowest BCUT2D eigenvalue weighted by molar-refractivity contribution is -0.159. The highest BCUT2D eigenvalue weighted by Crippen LogP contribution is 2.61. The van der Waals surface area contributed by atoms with E-state index in [4.69, 9.17) is 21.1 Å². The van der Waals surface area contributed by atoms with Gasteiger partial charge in [0.15, 0.2) is 0 Å². The summed E-state index contributed by atoms with van der Waals surface area (Å²) >= 11 is 10.2. The lowest BCUT2D eigenvalue weighted by Crippen LogP contribution is -2.59. The van der Waals surface area contributed by atoms with Crippen LogP contribution >= 0.6 is 27.5 Å². The van der Waals surface area contributed by atoms with Gasteiger partial charge in [-0.15, -0.1) is 13.2 Å². The van der Waals surface area contributed by atoms with Gasteiger partial charge in [0.1, 0.15) is 17.7 Å². The maximum Gasteiger partial charge on any atom is 0.312 e. The van der Waals surface area contributed by atoms with Gasteiger partial charge in [-0.3, -0.25) is 19.2 Å². The van der Waals surface area contributed by atoms with E-state index in [1.807, 2.05) is 13.8 Å². The Morgan fingerprint density at radius 2 is 1.98 bits per heavy atom. The molecular weight excluding hydrogens is 666 g/mol. The van der Waals surface area contributed by atoms with Crippen LogP contribution < -0.4 is 10.2 Å². The van der Waals surface area contributed by atoms with Gasteiger partial charge < -0.3 is 29.7 Å². The second-order valence-electron chi connectivity index (χ2n) is 12.4. The van der Waals surface area contributed by atoms with E-state index in [-0.39, 0.29) is 42.8 Å². The zero-order valence-corrected chi connectivity index (χ0v) is 28.3. The van der Waals surface area contributed by atoms with E-state index in [1.54, 1.807) is 43.3 Å². The van der Waals surface area contributed by atoms with Crippen molar-refractivity contribution in [2.75, 3.05) is 24.6 Å². The summed E-state index contributed by atoms with van der Waals surface area (Å²) in [6, 6.07) is 5.08. The molecule has 3 aliphatic heterocycles. The Hall–Kier alpha value is -2.73. The number of esters is 1. The molecule has 3 heterocycles.